The van der Waals surface area contributed by atoms with E-state index in [0.29, 0.717) is 43.8 Å². The number of benzene rings is 10. The first-order valence-corrected chi connectivity index (χ1v) is 22.8. The average Bonchev–Trinajstić information content (AvgIpc) is 3.94. The van der Waals surface area contributed by atoms with Crippen molar-refractivity contribution in [1.82, 2.24) is 9.13 Å². The monoisotopic (exact) mass is 858 g/mol. The molecule has 0 aliphatic rings. The minimum atomic E-state index is 0.170. The highest BCUT2D eigenvalue weighted by molar-refractivity contribution is 6.69. The lowest BCUT2D eigenvalue weighted by atomic mass is 9.64. The summed E-state index contributed by atoms with van der Waals surface area (Å²) in [5.74, 6) is 0. The van der Waals surface area contributed by atoms with E-state index in [-0.39, 0.29) is 21.9 Å². The topological polar surface area (TPSA) is 9.86 Å². The first kappa shape index (κ1) is 42.6. The van der Waals surface area contributed by atoms with Gasteiger partial charge >= 0.3 is 0 Å². The van der Waals surface area contributed by atoms with Gasteiger partial charge in [-0.3, -0.25) is 0 Å². The van der Waals surface area contributed by atoms with Gasteiger partial charge in [0, 0.05) is 38.6 Å². The smallest absolute Gasteiger partial charge is 0.115 e. The Hall–Kier alpha value is -7.75. The second kappa shape index (κ2) is 16.8. The summed E-state index contributed by atoms with van der Waals surface area (Å²) < 4.78 is 4.27. The number of rotatable bonds is 7. The third-order valence-electron chi connectivity index (χ3n) is 13.7. The molecule has 12 aromatic rings. The van der Waals surface area contributed by atoms with Crippen LogP contribution in [0.25, 0.3) is 111 Å². The fraction of sp³-hybridized carbons (Fsp3) is 0. The Bertz CT molecular complexity index is 3990. The molecular weight excluding hydrogens is 824 g/mol. The van der Waals surface area contributed by atoms with Crippen LogP contribution in [0, 0.1) is 0 Å². The van der Waals surface area contributed by atoms with Crippen LogP contribution in [0.4, 0.5) is 0 Å². The molecule has 0 saturated heterocycles. The third-order valence-corrected chi connectivity index (χ3v) is 13.7. The molecule has 69 heavy (non-hydrogen) atoms. The van der Waals surface area contributed by atoms with Gasteiger partial charge in [-0.15, -0.1) is 10.9 Å². The highest BCUT2D eigenvalue weighted by atomic mass is 15.0. The molecule has 14 radical (unpaired) electrons. The van der Waals surface area contributed by atoms with Crippen LogP contribution in [0.2, 0.25) is 0 Å². The van der Waals surface area contributed by atoms with E-state index in [2.05, 4.69) is 162 Å². The quantitative estimate of drug-likeness (QED) is 0.145. The molecule has 0 fully saturated rings. The summed E-state index contributed by atoms with van der Waals surface area (Å²) in [6.45, 7) is 0. The number of nitrogens with zero attached hydrogens (tertiary/aromatic N) is 2. The van der Waals surface area contributed by atoms with Gasteiger partial charge in [-0.2, -0.15) is 0 Å². The zero-order chi connectivity index (χ0) is 47.1. The second-order valence-corrected chi connectivity index (χ2v) is 17.6. The predicted molar refractivity (Wildman–Crippen MR) is 300 cm³/mol. The maximum absolute atomic E-state index is 7.46. The van der Waals surface area contributed by atoms with E-state index in [1.165, 1.54) is 0 Å². The third kappa shape index (κ3) is 6.81. The van der Waals surface area contributed by atoms with Crippen LogP contribution in [0.5, 0.6) is 0 Å². The first-order chi connectivity index (χ1) is 33.7. The Kier molecular flexibility index (Phi) is 10.4. The van der Waals surface area contributed by atoms with Crippen LogP contribution in [0.3, 0.4) is 0 Å². The van der Waals surface area contributed by atoms with Gasteiger partial charge < -0.3 is 9.13 Å². The van der Waals surface area contributed by atoms with Gasteiger partial charge in [0.05, 0.1) is 11.0 Å². The lowest BCUT2D eigenvalue weighted by Gasteiger charge is -2.19. The van der Waals surface area contributed by atoms with Crippen LogP contribution >= 0.6 is 0 Å². The lowest BCUT2D eigenvalue weighted by Crippen LogP contribution is -2.48. The maximum atomic E-state index is 7.46. The molecule has 0 bridgehead atoms. The SMILES string of the molecule is [B]c1c([B])c([B])c2c(c1[B])c1c([B])c(-c3ccc4c(c3)c3c(-c5ccccc5)cccc3n4-c3ccc(-c4ccccc4)cc3)c([B])c([B])c1n2-c1ccc(-c2cccc(-c3ccccc3)c2)cc1. The van der Waals surface area contributed by atoms with Crippen molar-refractivity contribution in [1.29, 1.82) is 0 Å². The van der Waals surface area contributed by atoms with Crippen molar-refractivity contribution in [2.45, 2.75) is 0 Å². The molecule has 0 N–H and O–H groups in total. The minimum absolute atomic E-state index is 0.170. The largest absolute Gasteiger partial charge is 0.311 e. The molecule has 9 heteroatoms. The highest BCUT2D eigenvalue weighted by Gasteiger charge is 2.25. The van der Waals surface area contributed by atoms with Crippen LogP contribution in [0.15, 0.2) is 200 Å². The Labute approximate surface area is 410 Å². The van der Waals surface area contributed by atoms with Gasteiger partial charge in [0.1, 0.15) is 54.9 Å². The molecule has 10 aromatic carbocycles. The summed E-state index contributed by atoms with van der Waals surface area (Å²) in [6.07, 6.45) is 0. The van der Waals surface area contributed by atoms with E-state index in [4.69, 9.17) is 54.9 Å². The normalized spacial score (nSPS) is 11.6. The fourth-order valence-electron chi connectivity index (χ4n) is 10.4. The predicted octanol–water partition coefficient (Wildman–Crippen LogP) is 7.77. The molecule has 0 aliphatic carbocycles. The van der Waals surface area contributed by atoms with Crippen molar-refractivity contribution in [2.75, 3.05) is 0 Å². The van der Waals surface area contributed by atoms with Gasteiger partial charge in [-0.05, 0) is 110 Å². The van der Waals surface area contributed by atoms with E-state index in [1.54, 1.807) is 0 Å². The van der Waals surface area contributed by atoms with E-state index >= 15 is 0 Å². The number of aromatic nitrogens is 2. The van der Waals surface area contributed by atoms with Gasteiger partial charge in [0.15, 0.2) is 0 Å². The summed E-state index contributed by atoms with van der Waals surface area (Å²) in [5.41, 5.74) is 17.0. The summed E-state index contributed by atoms with van der Waals surface area (Å²) in [5, 5.41) is 3.23. The summed E-state index contributed by atoms with van der Waals surface area (Å²) in [7, 11) is 49.1. The van der Waals surface area contributed by atoms with Crippen molar-refractivity contribution >= 4 is 137 Å². The molecule has 2 aromatic heterocycles. The number of fused-ring (bicyclic) bond motifs is 6. The zero-order valence-electron chi connectivity index (χ0n) is 37.5. The second-order valence-electron chi connectivity index (χ2n) is 17.6. The van der Waals surface area contributed by atoms with Crippen molar-refractivity contribution in [2.24, 2.45) is 0 Å². The molecule has 304 valence electrons. The summed E-state index contributed by atoms with van der Waals surface area (Å²) in [6, 6.07) is 69.4. The van der Waals surface area contributed by atoms with Crippen molar-refractivity contribution in [3.05, 3.63) is 200 Å². The van der Waals surface area contributed by atoms with E-state index < -0.39 is 0 Å². The zero-order valence-corrected chi connectivity index (χ0v) is 37.5. The molecule has 0 unspecified atom stereocenters. The molecule has 0 atom stereocenters. The Balaban J connectivity index is 1.07. The molecule has 2 heterocycles. The van der Waals surface area contributed by atoms with E-state index in [9.17, 15) is 0 Å². The maximum Gasteiger partial charge on any atom is 0.115 e. The highest BCUT2D eigenvalue weighted by Crippen LogP contribution is 2.41. The molecule has 2 nitrogen and oxygen atoms in total. The molecule has 0 saturated carbocycles. The van der Waals surface area contributed by atoms with Gasteiger partial charge in [-0.1, -0.05) is 179 Å². The Morgan fingerprint density at radius 3 is 1.32 bits per heavy atom. The first-order valence-electron chi connectivity index (χ1n) is 22.8. The molecule has 0 aliphatic heterocycles. The van der Waals surface area contributed by atoms with Crippen molar-refractivity contribution < 1.29 is 0 Å². The van der Waals surface area contributed by atoms with Crippen LogP contribution in [-0.2, 0) is 0 Å². The average molecular weight is 858 g/mol. The molecule has 0 spiro atoms. The lowest BCUT2D eigenvalue weighted by molar-refractivity contribution is 1.18. The minimum Gasteiger partial charge on any atom is -0.311 e. The molecular formula is C60H33B7N2. The summed E-state index contributed by atoms with van der Waals surface area (Å²) >= 11 is 0. The fourth-order valence-corrected chi connectivity index (χ4v) is 10.4. The molecule has 12 rings (SSSR count). The Morgan fingerprint density at radius 1 is 0.261 bits per heavy atom. The number of hydrogen-bond donors (Lipinski definition) is 0. The van der Waals surface area contributed by atoms with Gasteiger partial charge in [0.2, 0.25) is 0 Å². The summed E-state index contributed by atoms with van der Waals surface area (Å²) in [4.78, 5) is 0. The van der Waals surface area contributed by atoms with E-state index in [1.807, 2.05) is 47.0 Å². The van der Waals surface area contributed by atoms with Crippen molar-refractivity contribution in [3.63, 3.8) is 0 Å². The Morgan fingerprint density at radius 2 is 0.710 bits per heavy atom. The van der Waals surface area contributed by atoms with Gasteiger partial charge in [0.25, 0.3) is 0 Å². The number of hydrogen-bond acceptors (Lipinski definition) is 0. The van der Waals surface area contributed by atoms with Crippen LogP contribution < -0.4 is 38.2 Å². The van der Waals surface area contributed by atoms with Gasteiger partial charge in [-0.25, -0.2) is 0 Å². The van der Waals surface area contributed by atoms with Crippen LogP contribution in [0.1, 0.15) is 0 Å². The van der Waals surface area contributed by atoms with Crippen LogP contribution in [-0.4, -0.2) is 64.1 Å². The van der Waals surface area contributed by atoms with Crippen molar-refractivity contribution in [3.8, 4) is 67.0 Å². The van der Waals surface area contributed by atoms with E-state index in [0.717, 1.165) is 83.3 Å². The molecule has 0 amide bonds. The standard InChI is InChI=1S/C60H33B7N2/c61-52-48(41-26-31-46-45(33-41)49-44(38-16-8-3-9-17-38)20-11-21-47(49)68(46)42-27-22-36(23-28-42)34-12-4-1-5-13-34)53(62)57(66)59-50(52)51-54(63)55(64)56(65)58(67)60(51)69(59)43-29-24-37(25-30-43)40-19-10-18-39(32-40)35-14-6-2-7-15-35/h1-33H.